The molecule has 2 aromatic heterocycles. The Hall–Kier alpha value is -1.65. The van der Waals surface area contributed by atoms with Gasteiger partial charge in [0, 0.05) is 26.2 Å². The van der Waals surface area contributed by atoms with E-state index in [-0.39, 0.29) is 11.8 Å². The highest BCUT2D eigenvalue weighted by atomic mass is 32.1. The summed E-state index contributed by atoms with van der Waals surface area (Å²) in [5.41, 5.74) is 0. The molecule has 0 saturated carbocycles. The Balaban J connectivity index is 2.21. The first kappa shape index (κ1) is 17.7. The first-order chi connectivity index (χ1) is 11.0. The fraction of sp³-hybridized carbons (Fsp3) is 0.562. The van der Waals surface area contributed by atoms with E-state index < -0.39 is 0 Å². The van der Waals surface area contributed by atoms with Crippen LogP contribution in [0.2, 0.25) is 0 Å². The van der Waals surface area contributed by atoms with Gasteiger partial charge in [0.1, 0.15) is 4.83 Å². The number of rotatable bonds is 7. The SMILES string of the molecule is CCN(CC(C)C#N)C(=O)c1cc2sc(N(CC)CC)nc2s1. The summed E-state index contributed by atoms with van der Waals surface area (Å²) in [5, 5.41) is 9.96. The maximum atomic E-state index is 12.6. The molecule has 124 valence electrons. The summed E-state index contributed by atoms with van der Waals surface area (Å²) in [6, 6.07) is 4.12. The van der Waals surface area contributed by atoms with Crippen LogP contribution in [0.5, 0.6) is 0 Å². The molecule has 2 rings (SSSR count). The topological polar surface area (TPSA) is 60.2 Å². The van der Waals surface area contributed by atoms with Crippen molar-refractivity contribution in [1.82, 2.24) is 9.88 Å². The lowest BCUT2D eigenvalue weighted by Crippen LogP contribution is -2.33. The second kappa shape index (κ2) is 7.75. The minimum absolute atomic E-state index is 0.00538. The average Bonchev–Trinajstić information content (AvgIpc) is 3.11. The molecule has 0 aliphatic heterocycles. The lowest BCUT2D eigenvalue weighted by atomic mass is 10.2. The van der Waals surface area contributed by atoms with Crippen LogP contribution in [0, 0.1) is 17.2 Å². The number of hydrogen-bond acceptors (Lipinski definition) is 6. The standard InChI is InChI=1S/C16H22N4OS2/c1-5-19(6-2)16-18-14-12(23-16)8-13(22-14)15(21)20(7-3)10-11(4)9-17/h8,11H,5-7,10H2,1-4H3. The van der Waals surface area contributed by atoms with Gasteiger partial charge in [0.2, 0.25) is 0 Å². The zero-order valence-electron chi connectivity index (χ0n) is 14.0. The van der Waals surface area contributed by atoms with E-state index in [1.165, 1.54) is 11.3 Å². The van der Waals surface area contributed by atoms with Gasteiger partial charge >= 0.3 is 0 Å². The van der Waals surface area contributed by atoms with Crippen molar-refractivity contribution < 1.29 is 4.79 Å². The van der Waals surface area contributed by atoms with E-state index in [4.69, 9.17) is 5.26 Å². The molecule has 0 spiro atoms. The minimum atomic E-state index is -0.160. The van der Waals surface area contributed by atoms with Crippen LogP contribution >= 0.6 is 22.7 Å². The molecule has 5 nitrogen and oxygen atoms in total. The lowest BCUT2D eigenvalue weighted by molar-refractivity contribution is 0.0757. The van der Waals surface area contributed by atoms with Crippen LogP contribution in [-0.2, 0) is 0 Å². The van der Waals surface area contributed by atoms with Crippen LogP contribution < -0.4 is 4.90 Å². The second-order valence-corrected chi connectivity index (χ2v) is 7.36. The highest BCUT2D eigenvalue weighted by Crippen LogP contribution is 2.35. The minimum Gasteiger partial charge on any atom is -0.349 e. The molecule has 0 aliphatic carbocycles. The first-order valence-corrected chi connectivity index (χ1v) is 9.51. The van der Waals surface area contributed by atoms with E-state index in [1.54, 1.807) is 16.2 Å². The van der Waals surface area contributed by atoms with Gasteiger partial charge in [0.15, 0.2) is 5.13 Å². The van der Waals surface area contributed by atoms with E-state index in [0.29, 0.717) is 18.0 Å². The van der Waals surface area contributed by atoms with Gasteiger partial charge in [0.25, 0.3) is 5.91 Å². The number of fused-ring (bicyclic) bond motifs is 1. The van der Waals surface area contributed by atoms with Gasteiger partial charge in [-0.2, -0.15) is 5.26 Å². The fourth-order valence-corrected chi connectivity index (χ4v) is 4.65. The van der Waals surface area contributed by atoms with Crippen molar-refractivity contribution in [2.24, 2.45) is 5.92 Å². The first-order valence-electron chi connectivity index (χ1n) is 7.88. The highest BCUT2D eigenvalue weighted by molar-refractivity contribution is 7.29. The Morgan fingerprint density at radius 3 is 2.52 bits per heavy atom. The molecule has 0 radical (unpaired) electrons. The van der Waals surface area contributed by atoms with Crippen LogP contribution in [0.25, 0.3) is 9.53 Å². The third kappa shape index (κ3) is 3.82. The van der Waals surface area contributed by atoms with Gasteiger partial charge in [-0.1, -0.05) is 11.3 Å². The van der Waals surface area contributed by atoms with Gasteiger partial charge in [-0.3, -0.25) is 4.79 Å². The number of carbonyl (C=O) groups is 1. The molecule has 7 heteroatoms. The number of hydrogen-bond donors (Lipinski definition) is 0. The molecular formula is C16H22N4OS2. The quantitative estimate of drug-likeness (QED) is 0.761. The summed E-state index contributed by atoms with van der Waals surface area (Å²) < 4.78 is 1.06. The van der Waals surface area contributed by atoms with Crippen LogP contribution in [0.4, 0.5) is 5.13 Å². The lowest BCUT2D eigenvalue weighted by Gasteiger charge is -2.21. The molecule has 0 fully saturated rings. The number of amides is 1. The number of nitriles is 1. The molecule has 2 aromatic rings. The Labute approximate surface area is 145 Å². The third-order valence-electron chi connectivity index (χ3n) is 3.71. The maximum absolute atomic E-state index is 12.6. The molecule has 1 unspecified atom stereocenters. The van der Waals surface area contributed by atoms with Crippen molar-refractivity contribution in [1.29, 1.82) is 5.26 Å². The van der Waals surface area contributed by atoms with Crippen molar-refractivity contribution >= 4 is 43.2 Å². The van der Waals surface area contributed by atoms with Crippen molar-refractivity contribution in [3.05, 3.63) is 10.9 Å². The molecule has 2 heterocycles. The van der Waals surface area contributed by atoms with E-state index in [1.807, 2.05) is 19.9 Å². The number of thiazole rings is 1. The zero-order chi connectivity index (χ0) is 17.0. The van der Waals surface area contributed by atoms with Crippen molar-refractivity contribution in [3.8, 4) is 6.07 Å². The number of nitrogens with zero attached hydrogens (tertiary/aromatic N) is 4. The highest BCUT2D eigenvalue weighted by Gasteiger charge is 2.21. The predicted molar refractivity (Wildman–Crippen MR) is 97.4 cm³/mol. The van der Waals surface area contributed by atoms with Crippen molar-refractivity contribution in [2.75, 3.05) is 31.1 Å². The molecule has 0 aromatic carbocycles. The van der Waals surface area contributed by atoms with E-state index >= 15 is 0 Å². The van der Waals surface area contributed by atoms with Crippen LogP contribution in [-0.4, -0.2) is 42.0 Å². The number of thiophene rings is 1. The van der Waals surface area contributed by atoms with Crippen LogP contribution in [0.1, 0.15) is 37.4 Å². The Morgan fingerprint density at radius 1 is 1.30 bits per heavy atom. The fourth-order valence-electron chi connectivity index (χ4n) is 2.34. The Kier molecular flexibility index (Phi) is 5.97. The third-order valence-corrected chi connectivity index (χ3v) is 5.92. The molecule has 23 heavy (non-hydrogen) atoms. The monoisotopic (exact) mass is 350 g/mol. The van der Waals surface area contributed by atoms with Crippen LogP contribution in [0.3, 0.4) is 0 Å². The number of aromatic nitrogens is 1. The zero-order valence-corrected chi connectivity index (χ0v) is 15.6. The molecule has 0 bridgehead atoms. The summed E-state index contributed by atoms with van der Waals surface area (Å²) in [6.07, 6.45) is 0. The number of anilines is 1. The van der Waals surface area contributed by atoms with E-state index in [9.17, 15) is 4.79 Å². The normalized spacial score (nSPS) is 12.1. The predicted octanol–water partition coefficient (Wildman–Crippen LogP) is 3.83. The summed E-state index contributed by atoms with van der Waals surface area (Å²) >= 11 is 3.07. The summed E-state index contributed by atoms with van der Waals surface area (Å²) in [7, 11) is 0. The average molecular weight is 351 g/mol. The van der Waals surface area contributed by atoms with Gasteiger partial charge in [-0.05, 0) is 33.8 Å². The Bertz CT molecular complexity index is 680. The summed E-state index contributed by atoms with van der Waals surface area (Å²) in [4.78, 5) is 22.9. The molecule has 1 amide bonds. The second-order valence-electron chi connectivity index (χ2n) is 5.32. The molecule has 0 N–H and O–H groups in total. The van der Waals surface area contributed by atoms with E-state index in [2.05, 4.69) is 29.8 Å². The van der Waals surface area contributed by atoms with Crippen molar-refractivity contribution in [3.63, 3.8) is 0 Å². The summed E-state index contributed by atoms with van der Waals surface area (Å²) in [6.45, 7) is 10.9. The maximum Gasteiger partial charge on any atom is 0.264 e. The molecule has 1 atom stereocenters. The van der Waals surface area contributed by atoms with Crippen LogP contribution in [0.15, 0.2) is 6.07 Å². The largest absolute Gasteiger partial charge is 0.349 e. The molecule has 0 aliphatic rings. The van der Waals surface area contributed by atoms with Gasteiger partial charge < -0.3 is 9.80 Å². The van der Waals surface area contributed by atoms with Gasteiger partial charge in [-0.25, -0.2) is 4.98 Å². The molecule has 0 saturated heterocycles. The molecular weight excluding hydrogens is 328 g/mol. The Morgan fingerprint density at radius 2 is 2.00 bits per heavy atom. The van der Waals surface area contributed by atoms with Gasteiger partial charge in [0.05, 0.1) is 21.6 Å². The van der Waals surface area contributed by atoms with Gasteiger partial charge in [-0.15, -0.1) is 11.3 Å². The van der Waals surface area contributed by atoms with E-state index in [0.717, 1.165) is 27.8 Å². The number of carbonyl (C=O) groups excluding carboxylic acids is 1. The van der Waals surface area contributed by atoms with Crippen molar-refractivity contribution in [2.45, 2.75) is 27.7 Å². The summed E-state index contributed by atoms with van der Waals surface area (Å²) in [5.74, 6) is -0.165. The smallest absolute Gasteiger partial charge is 0.264 e.